The van der Waals surface area contributed by atoms with E-state index in [2.05, 4.69) is 34.8 Å². The molecule has 0 aromatic carbocycles. The van der Waals surface area contributed by atoms with Crippen LogP contribution in [-0.4, -0.2) is 35.3 Å². The van der Waals surface area contributed by atoms with Crippen LogP contribution >= 0.6 is 22.9 Å². The summed E-state index contributed by atoms with van der Waals surface area (Å²) in [7, 11) is 0. The number of morpholine rings is 1. The first-order valence-electron chi connectivity index (χ1n) is 5.94. The second-order valence-electron chi connectivity index (χ2n) is 4.60. The molecular formula is C12H14ClN3OS. The zero-order chi connectivity index (χ0) is 12.7. The standard InChI is InChI=1S/C12H14ClN3OS/c1-7-6-17-8(2)5-16(7)10-9-3-4-18-11(9)15-12(13)14-10/h3-4,7-8H,5-6H2,1-2H3. The maximum Gasteiger partial charge on any atom is 0.225 e. The van der Waals surface area contributed by atoms with E-state index in [1.54, 1.807) is 11.3 Å². The van der Waals surface area contributed by atoms with Gasteiger partial charge in [-0.2, -0.15) is 4.98 Å². The van der Waals surface area contributed by atoms with Gasteiger partial charge in [0.15, 0.2) is 0 Å². The Kier molecular flexibility index (Phi) is 3.13. The molecule has 1 aliphatic heterocycles. The van der Waals surface area contributed by atoms with E-state index >= 15 is 0 Å². The Balaban J connectivity index is 2.09. The van der Waals surface area contributed by atoms with Gasteiger partial charge < -0.3 is 9.64 Å². The van der Waals surface area contributed by atoms with Crippen LogP contribution in [0.5, 0.6) is 0 Å². The molecule has 1 aliphatic rings. The summed E-state index contributed by atoms with van der Waals surface area (Å²) in [5.41, 5.74) is 0. The number of rotatable bonds is 1. The number of thiophene rings is 1. The largest absolute Gasteiger partial charge is 0.375 e. The van der Waals surface area contributed by atoms with Crippen molar-refractivity contribution in [2.75, 3.05) is 18.1 Å². The topological polar surface area (TPSA) is 38.2 Å². The minimum Gasteiger partial charge on any atom is -0.375 e. The summed E-state index contributed by atoms with van der Waals surface area (Å²) in [4.78, 5) is 11.9. The second kappa shape index (κ2) is 4.64. The Labute approximate surface area is 115 Å². The molecule has 0 bridgehead atoms. The van der Waals surface area contributed by atoms with E-state index in [0.717, 1.165) is 22.6 Å². The van der Waals surface area contributed by atoms with Crippen molar-refractivity contribution < 1.29 is 4.74 Å². The summed E-state index contributed by atoms with van der Waals surface area (Å²) in [6, 6.07) is 2.36. The Bertz CT molecular complexity index is 573. The summed E-state index contributed by atoms with van der Waals surface area (Å²) in [5, 5.41) is 3.41. The summed E-state index contributed by atoms with van der Waals surface area (Å²) >= 11 is 7.60. The molecular weight excluding hydrogens is 270 g/mol. The van der Waals surface area contributed by atoms with Crippen LogP contribution in [0.3, 0.4) is 0 Å². The van der Waals surface area contributed by atoms with Crippen LogP contribution in [0.25, 0.3) is 10.2 Å². The Morgan fingerprint density at radius 2 is 2.28 bits per heavy atom. The monoisotopic (exact) mass is 283 g/mol. The maximum absolute atomic E-state index is 6.01. The SMILES string of the molecule is CC1CN(c2nc(Cl)nc3sccc23)C(C)CO1. The Morgan fingerprint density at radius 1 is 1.44 bits per heavy atom. The van der Waals surface area contributed by atoms with Gasteiger partial charge in [0.1, 0.15) is 10.6 Å². The van der Waals surface area contributed by atoms with Gasteiger partial charge in [0.25, 0.3) is 0 Å². The van der Waals surface area contributed by atoms with E-state index in [-0.39, 0.29) is 6.10 Å². The highest BCUT2D eigenvalue weighted by Gasteiger charge is 2.26. The number of anilines is 1. The second-order valence-corrected chi connectivity index (χ2v) is 5.83. The normalized spacial score (nSPS) is 24.7. The molecule has 0 N–H and O–H groups in total. The number of hydrogen-bond acceptors (Lipinski definition) is 5. The van der Waals surface area contributed by atoms with E-state index < -0.39 is 0 Å². The highest BCUT2D eigenvalue weighted by molar-refractivity contribution is 7.16. The fourth-order valence-electron chi connectivity index (χ4n) is 2.23. The number of nitrogens with zero attached hydrogens (tertiary/aromatic N) is 3. The number of ether oxygens (including phenoxy) is 1. The van der Waals surface area contributed by atoms with E-state index in [9.17, 15) is 0 Å². The van der Waals surface area contributed by atoms with Gasteiger partial charge in [0, 0.05) is 6.54 Å². The number of hydrogen-bond donors (Lipinski definition) is 0. The third-order valence-corrected chi connectivity index (χ3v) is 4.13. The van der Waals surface area contributed by atoms with Crippen LogP contribution < -0.4 is 4.90 Å². The van der Waals surface area contributed by atoms with Crippen LogP contribution in [0, 0.1) is 0 Å². The molecule has 2 unspecified atom stereocenters. The first kappa shape index (κ1) is 12.1. The zero-order valence-corrected chi connectivity index (χ0v) is 11.8. The Morgan fingerprint density at radius 3 is 3.11 bits per heavy atom. The molecule has 2 aromatic rings. The zero-order valence-electron chi connectivity index (χ0n) is 10.3. The fraction of sp³-hybridized carbons (Fsp3) is 0.500. The molecule has 0 radical (unpaired) electrons. The van der Waals surface area contributed by atoms with Crippen LogP contribution in [0.15, 0.2) is 11.4 Å². The summed E-state index contributed by atoms with van der Waals surface area (Å²) in [6.45, 7) is 5.76. The number of aromatic nitrogens is 2. The molecule has 2 aromatic heterocycles. The van der Waals surface area contributed by atoms with Crippen molar-refractivity contribution in [2.45, 2.75) is 26.0 Å². The molecule has 0 aliphatic carbocycles. The van der Waals surface area contributed by atoms with Gasteiger partial charge in [-0.05, 0) is 36.9 Å². The number of fused-ring (bicyclic) bond motifs is 1. The minimum atomic E-state index is 0.212. The summed E-state index contributed by atoms with van der Waals surface area (Å²) in [5.74, 6) is 0.925. The first-order valence-corrected chi connectivity index (χ1v) is 7.20. The molecule has 3 rings (SSSR count). The quantitative estimate of drug-likeness (QED) is 0.754. The minimum absolute atomic E-state index is 0.212. The maximum atomic E-state index is 6.01. The molecule has 6 heteroatoms. The molecule has 3 heterocycles. The average molecular weight is 284 g/mol. The van der Waals surface area contributed by atoms with E-state index in [0.29, 0.717) is 17.9 Å². The van der Waals surface area contributed by atoms with Crippen molar-refractivity contribution in [2.24, 2.45) is 0 Å². The molecule has 1 fully saturated rings. The molecule has 2 atom stereocenters. The molecule has 0 saturated carbocycles. The van der Waals surface area contributed by atoms with Crippen molar-refractivity contribution in [1.82, 2.24) is 9.97 Å². The summed E-state index contributed by atoms with van der Waals surface area (Å²) in [6.07, 6.45) is 0.212. The lowest BCUT2D eigenvalue weighted by Gasteiger charge is -2.37. The van der Waals surface area contributed by atoms with E-state index in [1.165, 1.54) is 0 Å². The van der Waals surface area contributed by atoms with Gasteiger partial charge in [-0.3, -0.25) is 0 Å². The van der Waals surface area contributed by atoms with Crippen molar-refractivity contribution in [3.63, 3.8) is 0 Å². The molecule has 96 valence electrons. The van der Waals surface area contributed by atoms with Gasteiger partial charge in [0.05, 0.1) is 24.1 Å². The van der Waals surface area contributed by atoms with Crippen molar-refractivity contribution in [1.29, 1.82) is 0 Å². The molecule has 4 nitrogen and oxygen atoms in total. The highest BCUT2D eigenvalue weighted by atomic mass is 35.5. The van der Waals surface area contributed by atoms with Crippen LogP contribution in [-0.2, 0) is 4.74 Å². The van der Waals surface area contributed by atoms with Gasteiger partial charge in [0.2, 0.25) is 5.28 Å². The van der Waals surface area contributed by atoms with Gasteiger partial charge in [-0.25, -0.2) is 4.98 Å². The molecule has 1 saturated heterocycles. The van der Waals surface area contributed by atoms with Crippen LogP contribution in [0.2, 0.25) is 5.28 Å². The average Bonchev–Trinajstić information content (AvgIpc) is 2.79. The lowest BCUT2D eigenvalue weighted by Crippen LogP contribution is -2.47. The molecule has 18 heavy (non-hydrogen) atoms. The third-order valence-electron chi connectivity index (χ3n) is 3.16. The van der Waals surface area contributed by atoms with E-state index in [1.807, 2.05) is 5.38 Å². The van der Waals surface area contributed by atoms with E-state index in [4.69, 9.17) is 16.3 Å². The number of halogens is 1. The smallest absolute Gasteiger partial charge is 0.225 e. The van der Waals surface area contributed by atoms with Gasteiger partial charge in [-0.1, -0.05) is 0 Å². The predicted octanol–water partition coefficient (Wildman–Crippen LogP) is 2.96. The lowest BCUT2D eigenvalue weighted by molar-refractivity contribution is 0.0341. The van der Waals surface area contributed by atoms with Crippen molar-refractivity contribution in [3.8, 4) is 0 Å². The molecule has 0 spiro atoms. The molecule has 0 amide bonds. The van der Waals surface area contributed by atoms with Gasteiger partial charge in [-0.15, -0.1) is 11.3 Å². The van der Waals surface area contributed by atoms with Gasteiger partial charge >= 0.3 is 0 Å². The van der Waals surface area contributed by atoms with Crippen LogP contribution in [0.4, 0.5) is 5.82 Å². The van der Waals surface area contributed by atoms with Crippen LogP contribution in [0.1, 0.15) is 13.8 Å². The first-order chi connectivity index (χ1) is 8.65. The lowest BCUT2D eigenvalue weighted by atomic mass is 10.2. The third kappa shape index (κ3) is 2.06. The Hall–Kier alpha value is -0.910. The highest BCUT2D eigenvalue weighted by Crippen LogP contribution is 2.31. The van der Waals surface area contributed by atoms with Crippen molar-refractivity contribution in [3.05, 3.63) is 16.7 Å². The fourth-order valence-corrected chi connectivity index (χ4v) is 3.20. The summed E-state index contributed by atoms with van der Waals surface area (Å²) < 4.78 is 5.65. The van der Waals surface area contributed by atoms with Crippen molar-refractivity contribution >= 4 is 39.0 Å². The predicted molar refractivity (Wildman–Crippen MR) is 74.6 cm³/mol.